The van der Waals surface area contributed by atoms with Gasteiger partial charge < -0.3 is 19.1 Å². The second kappa shape index (κ2) is 7.52. The number of rotatable bonds is 6. The maximum absolute atomic E-state index is 11.6. The van der Waals surface area contributed by atoms with Crippen molar-refractivity contribution in [1.82, 2.24) is 0 Å². The number of anilines is 1. The van der Waals surface area contributed by atoms with Crippen LogP contribution in [0.4, 0.5) is 5.69 Å². The van der Waals surface area contributed by atoms with Gasteiger partial charge in [-0.25, -0.2) is 0 Å². The molecule has 0 amide bonds. The molecule has 136 valence electrons. The van der Waals surface area contributed by atoms with Crippen molar-refractivity contribution in [3.8, 4) is 17.2 Å². The van der Waals surface area contributed by atoms with Crippen LogP contribution < -0.4 is 19.1 Å². The molecular weight excluding hydrogens is 330 g/mol. The van der Waals surface area contributed by atoms with Crippen molar-refractivity contribution >= 4 is 12.0 Å². The second-order valence-electron chi connectivity index (χ2n) is 6.14. The van der Waals surface area contributed by atoms with Crippen LogP contribution in [0.25, 0.3) is 0 Å². The Morgan fingerprint density at radius 3 is 2.31 bits per heavy atom. The fraction of sp³-hybridized carbons (Fsp3) is 0.286. The fourth-order valence-electron chi connectivity index (χ4n) is 3.46. The van der Waals surface area contributed by atoms with Gasteiger partial charge in [-0.1, -0.05) is 6.58 Å². The van der Waals surface area contributed by atoms with Crippen LogP contribution in [0.3, 0.4) is 0 Å². The van der Waals surface area contributed by atoms with Crippen molar-refractivity contribution in [3.05, 3.63) is 59.7 Å². The lowest BCUT2D eigenvalue weighted by atomic mass is 9.88. The predicted octanol–water partition coefficient (Wildman–Crippen LogP) is 3.57. The van der Waals surface area contributed by atoms with Crippen molar-refractivity contribution in [1.29, 1.82) is 0 Å². The van der Waals surface area contributed by atoms with Crippen LogP contribution in [0.2, 0.25) is 0 Å². The highest BCUT2D eigenvalue weighted by Gasteiger charge is 2.31. The summed E-state index contributed by atoms with van der Waals surface area (Å²) in [5.41, 5.74) is 3.68. The van der Waals surface area contributed by atoms with E-state index in [0.717, 1.165) is 41.8 Å². The summed E-state index contributed by atoms with van der Waals surface area (Å²) in [6.07, 6.45) is 1.66. The van der Waals surface area contributed by atoms with E-state index in [2.05, 4.69) is 11.5 Å². The second-order valence-corrected chi connectivity index (χ2v) is 6.14. The maximum Gasteiger partial charge on any atom is 0.161 e. The van der Waals surface area contributed by atoms with Crippen molar-refractivity contribution in [2.75, 3.05) is 32.8 Å². The van der Waals surface area contributed by atoms with Crippen molar-refractivity contribution in [2.24, 2.45) is 0 Å². The number of carbonyl (C=O) groups is 1. The van der Waals surface area contributed by atoms with Crippen LogP contribution in [0.15, 0.2) is 48.6 Å². The van der Waals surface area contributed by atoms with E-state index >= 15 is 0 Å². The maximum atomic E-state index is 11.6. The molecule has 0 saturated heterocycles. The molecular formula is C21H23NO4. The standard InChI is InChI=1S/C21H23NO4/c1-14(13-23)21-18-12-20(26-4)19(25-3)11-15(18)9-10-22(21)16-5-7-17(24-2)8-6-16/h5-8,11-13,21H,1,9-10H2,2-4H3/t21-/m0/s1. The summed E-state index contributed by atoms with van der Waals surface area (Å²) in [7, 11) is 4.87. The third-order valence-corrected chi connectivity index (χ3v) is 4.78. The van der Waals surface area contributed by atoms with Gasteiger partial charge in [-0.3, -0.25) is 4.79 Å². The summed E-state index contributed by atoms with van der Waals surface area (Å²) < 4.78 is 16.1. The predicted molar refractivity (Wildman–Crippen MR) is 102 cm³/mol. The lowest BCUT2D eigenvalue weighted by Crippen LogP contribution is -2.36. The smallest absolute Gasteiger partial charge is 0.161 e. The molecule has 5 heteroatoms. The van der Waals surface area contributed by atoms with Crippen LogP contribution in [0.1, 0.15) is 17.2 Å². The molecule has 0 N–H and O–H groups in total. The Labute approximate surface area is 153 Å². The van der Waals surface area contributed by atoms with Crippen LogP contribution in [-0.4, -0.2) is 34.2 Å². The highest BCUT2D eigenvalue weighted by atomic mass is 16.5. The summed E-state index contributed by atoms with van der Waals surface area (Å²) in [4.78, 5) is 13.8. The lowest BCUT2D eigenvalue weighted by molar-refractivity contribution is -0.105. The molecule has 5 nitrogen and oxygen atoms in total. The monoisotopic (exact) mass is 353 g/mol. The number of fused-ring (bicyclic) bond motifs is 1. The van der Waals surface area contributed by atoms with Crippen LogP contribution in [-0.2, 0) is 11.2 Å². The SMILES string of the molecule is C=C(C=O)[C@H]1c2cc(OC)c(OC)cc2CCN1c1ccc(OC)cc1. The Morgan fingerprint density at radius 1 is 1.08 bits per heavy atom. The molecule has 1 atom stereocenters. The minimum Gasteiger partial charge on any atom is -0.497 e. The molecule has 3 rings (SSSR count). The molecule has 26 heavy (non-hydrogen) atoms. The molecule has 2 aromatic carbocycles. The zero-order valence-corrected chi connectivity index (χ0v) is 15.3. The van der Waals surface area contributed by atoms with Gasteiger partial charge in [-0.15, -0.1) is 0 Å². The first-order chi connectivity index (χ1) is 12.6. The van der Waals surface area contributed by atoms with E-state index in [4.69, 9.17) is 14.2 Å². The van der Waals surface area contributed by atoms with Gasteiger partial charge in [0.15, 0.2) is 11.5 Å². The largest absolute Gasteiger partial charge is 0.497 e. The average Bonchev–Trinajstić information content (AvgIpc) is 2.71. The molecule has 1 heterocycles. The van der Waals surface area contributed by atoms with Gasteiger partial charge in [-0.2, -0.15) is 0 Å². The molecule has 2 aromatic rings. The quantitative estimate of drug-likeness (QED) is 0.587. The fourth-order valence-corrected chi connectivity index (χ4v) is 3.46. The number of nitrogens with zero attached hydrogens (tertiary/aromatic N) is 1. The van der Waals surface area contributed by atoms with Gasteiger partial charge in [-0.05, 0) is 53.9 Å². The summed E-state index contributed by atoms with van der Waals surface area (Å²) in [5, 5.41) is 0. The molecule has 0 radical (unpaired) electrons. The third-order valence-electron chi connectivity index (χ3n) is 4.78. The zero-order valence-electron chi connectivity index (χ0n) is 15.3. The number of methoxy groups -OCH3 is 3. The Morgan fingerprint density at radius 2 is 1.73 bits per heavy atom. The number of aldehydes is 1. The van der Waals surface area contributed by atoms with E-state index in [1.807, 2.05) is 36.4 Å². The Bertz CT molecular complexity index is 814. The normalized spacial score (nSPS) is 15.8. The molecule has 0 spiro atoms. The van der Waals surface area contributed by atoms with Gasteiger partial charge in [0, 0.05) is 17.8 Å². The molecule has 0 fully saturated rings. The lowest BCUT2D eigenvalue weighted by Gasteiger charge is -2.39. The first kappa shape index (κ1) is 17.9. The topological polar surface area (TPSA) is 48.0 Å². The molecule has 1 aliphatic rings. The van der Waals surface area contributed by atoms with Gasteiger partial charge >= 0.3 is 0 Å². The number of carbonyl (C=O) groups excluding carboxylic acids is 1. The van der Waals surface area contributed by atoms with E-state index in [0.29, 0.717) is 17.1 Å². The molecule has 0 bridgehead atoms. The number of hydrogen-bond acceptors (Lipinski definition) is 5. The highest BCUT2D eigenvalue weighted by Crippen LogP contribution is 2.42. The van der Waals surface area contributed by atoms with Crippen LogP contribution in [0.5, 0.6) is 17.2 Å². The highest BCUT2D eigenvalue weighted by molar-refractivity contribution is 5.78. The zero-order chi connectivity index (χ0) is 18.7. The molecule has 1 aliphatic heterocycles. The van der Waals surface area contributed by atoms with E-state index < -0.39 is 0 Å². The van der Waals surface area contributed by atoms with Crippen LogP contribution >= 0.6 is 0 Å². The van der Waals surface area contributed by atoms with E-state index in [1.54, 1.807) is 21.3 Å². The third kappa shape index (κ3) is 3.12. The Balaban J connectivity index is 2.08. The summed E-state index contributed by atoms with van der Waals surface area (Å²) in [5.74, 6) is 2.13. The minimum absolute atomic E-state index is 0.246. The molecule has 0 saturated carbocycles. The average molecular weight is 353 g/mol. The molecule has 0 aromatic heterocycles. The van der Waals surface area contributed by atoms with Gasteiger partial charge in [0.25, 0.3) is 0 Å². The molecule has 0 unspecified atom stereocenters. The van der Waals surface area contributed by atoms with E-state index in [9.17, 15) is 4.79 Å². The number of benzene rings is 2. The molecule has 0 aliphatic carbocycles. The Hall–Kier alpha value is -2.95. The number of hydrogen-bond donors (Lipinski definition) is 0. The minimum atomic E-state index is -0.246. The summed E-state index contributed by atoms with van der Waals surface area (Å²) >= 11 is 0. The summed E-state index contributed by atoms with van der Waals surface area (Å²) in [6, 6.07) is 11.5. The first-order valence-electron chi connectivity index (χ1n) is 8.42. The van der Waals surface area contributed by atoms with Gasteiger partial charge in [0.1, 0.15) is 12.0 Å². The van der Waals surface area contributed by atoms with Crippen molar-refractivity contribution in [3.63, 3.8) is 0 Å². The first-order valence-corrected chi connectivity index (χ1v) is 8.42. The van der Waals surface area contributed by atoms with Crippen LogP contribution in [0, 0.1) is 0 Å². The van der Waals surface area contributed by atoms with Crippen molar-refractivity contribution in [2.45, 2.75) is 12.5 Å². The van der Waals surface area contributed by atoms with Gasteiger partial charge in [0.05, 0.1) is 27.4 Å². The van der Waals surface area contributed by atoms with E-state index in [1.165, 1.54) is 0 Å². The Kier molecular flexibility index (Phi) is 5.16. The number of ether oxygens (including phenoxy) is 3. The van der Waals surface area contributed by atoms with E-state index in [-0.39, 0.29) is 6.04 Å². The van der Waals surface area contributed by atoms with Gasteiger partial charge in [0.2, 0.25) is 0 Å². The summed E-state index contributed by atoms with van der Waals surface area (Å²) in [6.45, 7) is 4.77. The van der Waals surface area contributed by atoms with Crippen molar-refractivity contribution < 1.29 is 19.0 Å².